The molecule has 1 atom stereocenters. The lowest BCUT2D eigenvalue weighted by Gasteiger charge is -2.15. The quantitative estimate of drug-likeness (QED) is 0.890. The van der Waals surface area contributed by atoms with Gasteiger partial charge in [-0.05, 0) is 24.5 Å². The third-order valence-corrected chi connectivity index (χ3v) is 3.88. The molecule has 5 heteroatoms. The zero-order valence-electron chi connectivity index (χ0n) is 12.9. The molecule has 1 amide bonds. The molecular weight excluding hydrogens is 276 g/mol. The fourth-order valence-electron chi connectivity index (χ4n) is 2.60. The van der Waals surface area contributed by atoms with Crippen LogP contribution in [0.4, 0.5) is 5.95 Å². The molecule has 2 aromatic rings. The molecule has 2 heterocycles. The molecule has 1 aliphatic rings. The van der Waals surface area contributed by atoms with E-state index in [9.17, 15) is 4.79 Å². The van der Waals surface area contributed by atoms with E-state index in [-0.39, 0.29) is 11.9 Å². The zero-order chi connectivity index (χ0) is 15.5. The van der Waals surface area contributed by atoms with Gasteiger partial charge in [0.15, 0.2) is 0 Å². The van der Waals surface area contributed by atoms with E-state index in [1.807, 2.05) is 0 Å². The third-order valence-electron chi connectivity index (χ3n) is 3.88. The van der Waals surface area contributed by atoms with Crippen LogP contribution >= 0.6 is 0 Å². The maximum atomic E-state index is 11.6. The van der Waals surface area contributed by atoms with E-state index < -0.39 is 0 Å². The molecule has 1 aromatic heterocycles. The lowest BCUT2D eigenvalue weighted by atomic mass is 10.0. The molecule has 1 aromatic carbocycles. The summed E-state index contributed by atoms with van der Waals surface area (Å²) in [6, 6.07) is 8.66. The van der Waals surface area contributed by atoms with Crippen molar-refractivity contribution in [3.63, 3.8) is 0 Å². The number of nitrogens with one attached hydrogen (secondary N) is 2. The van der Waals surface area contributed by atoms with Crippen LogP contribution in [0, 0.1) is 0 Å². The van der Waals surface area contributed by atoms with Gasteiger partial charge in [0.1, 0.15) is 5.69 Å². The van der Waals surface area contributed by atoms with Gasteiger partial charge in [0.25, 0.3) is 5.91 Å². The number of carbonyl (C=O) groups is 1. The Morgan fingerprint density at radius 1 is 1.32 bits per heavy atom. The summed E-state index contributed by atoms with van der Waals surface area (Å²) >= 11 is 0. The number of rotatable bonds is 5. The first-order valence-electron chi connectivity index (χ1n) is 7.67. The summed E-state index contributed by atoms with van der Waals surface area (Å²) in [5, 5.41) is 6.00. The van der Waals surface area contributed by atoms with Crippen molar-refractivity contribution in [3.8, 4) is 0 Å². The molecule has 3 rings (SSSR count). The number of carbonyl (C=O) groups excluding carboxylic acids is 1. The van der Waals surface area contributed by atoms with Crippen LogP contribution in [0.5, 0.6) is 0 Å². The number of hydrogen-bond donors (Lipinski definition) is 2. The summed E-state index contributed by atoms with van der Waals surface area (Å²) in [5.74, 6) is 0.359. The van der Waals surface area contributed by atoms with Crippen molar-refractivity contribution in [2.24, 2.45) is 0 Å². The van der Waals surface area contributed by atoms with Gasteiger partial charge in [0.2, 0.25) is 5.95 Å². The van der Waals surface area contributed by atoms with E-state index in [0.717, 1.165) is 18.4 Å². The van der Waals surface area contributed by atoms with E-state index >= 15 is 0 Å². The maximum absolute atomic E-state index is 11.6. The highest BCUT2D eigenvalue weighted by Crippen LogP contribution is 2.20. The van der Waals surface area contributed by atoms with Gasteiger partial charge in [-0.15, -0.1) is 0 Å². The first kappa shape index (κ1) is 14.5. The van der Waals surface area contributed by atoms with Crippen molar-refractivity contribution in [3.05, 3.63) is 52.8 Å². The second kappa shape index (κ2) is 6.13. The number of hydrogen-bond acceptors (Lipinski definition) is 4. The summed E-state index contributed by atoms with van der Waals surface area (Å²) in [7, 11) is 0. The molecule has 2 N–H and O–H groups in total. The Morgan fingerprint density at radius 3 is 2.82 bits per heavy atom. The topological polar surface area (TPSA) is 66.9 Å². The van der Waals surface area contributed by atoms with Crippen LogP contribution in [0.3, 0.4) is 0 Å². The predicted molar refractivity (Wildman–Crippen MR) is 85.7 cm³/mol. The molecule has 0 saturated carbocycles. The summed E-state index contributed by atoms with van der Waals surface area (Å²) in [6.07, 6.45) is 3.96. The Balaban J connectivity index is 1.72. The maximum Gasteiger partial charge on any atom is 0.270 e. The molecule has 0 bridgehead atoms. The predicted octanol–water partition coefficient (Wildman–Crippen LogP) is 2.85. The Labute approximate surface area is 130 Å². The van der Waals surface area contributed by atoms with Gasteiger partial charge in [0, 0.05) is 18.3 Å². The minimum atomic E-state index is -0.128. The highest BCUT2D eigenvalue weighted by atomic mass is 16.2. The van der Waals surface area contributed by atoms with Crippen LogP contribution in [0.15, 0.2) is 30.5 Å². The van der Waals surface area contributed by atoms with Gasteiger partial charge in [-0.25, -0.2) is 9.97 Å². The molecule has 114 valence electrons. The van der Waals surface area contributed by atoms with Crippen LogP contribution in [-0.4, -0.2) is 15.9 Å². The van der Waals surface area contributed by atoms with Crippen molar-refractivity contribution in [1.29, 1.82) is 0 Å². The van der Waals surface area contributed by atoms with Crippen LogP contribution in [0.2, 0.25) is 0 Å². The first-order chi connectivity index (χ1) is 10.7. The molecule has 0 radical (unpaired) electrons. The standard InChI is InChI=1S/C17H20N4O/c1-3-4-12-5-7-13(8-6-12)11(2)20-17-19-10-14-9-18-16(22)15(14)21-17/h5-8,10-11H,3-4,9H2,1-2H3,(H,18,22)(H,19,20,21). The Morgan fingerprint density at radius 2 is 2.09 bits per heavy atom. The van der Waals surface area contributed by atoms with Crippen molar-refractivity contribution in [2.75, 3.05) is 5.32 Å². The fourth-order valence-corrected chi connectivity index (χ4v) is 2.60. The van der Waals surface area contributed by atoms with Gasteiger partial charge in [-0.3, -0.25) is 4.79 Å². The van der Waals surface area contributed by atoms with Crippen molar-refractivity contribution in [2.45, 2.75) is 39.3 Å². The zero-order valence-corrected chi connectivity index (χ0v) is 12.9. The van der Waals surface area contributed by atoms with E-state index in [2.05, 4.69) is 58.7 Å². The molecule has 0 saturated heterocycles. The van der Waals surface area contributed by atoms with Gasteiger partial charge in [-0.1, -0.05) is 37.6 Å². The number of fused-ring (bicyclic) bond motifs is 1. The summed E-state index contributed by atoms with van der Waals surface area (Å²) in [5.41, 5.74) is 3.85. The lowest BCUT2D eigenvalue weighted by molar-refractivity contribution is 0.0961. The summed E-state index contributed by atoms with van der Waals surface area (Å²) < 4.78 is 0. The van der Waals surface area contributed by atoms with Crippen LogP contribution in [-0.2, 0) is 13.0 Å². The van der Waals surface area contributed by atoms with E-state index in [4.69, 9.17) is 0 Å². The average Bonchev–Trinajstić information content (AvgIpc) is 2.89. The van der Waals surface area contributed by atoms with Crippen LogP contribution in [0.1, 0.15) is 53.5 Å². The van der Waals surface area contributed by atoms with Gasteiger partial charge in [0.05, 0.1) is 6.04 Å². The number of anilines is 1. The average molecular weight is 296 g/mol. The third kappa shape index (κ3) is 2.93. The van der Waals surface area contributed by atoms with Crippen molar-refractivity contribution < 1.29 is 4.79 Å². The highest BCUT2D eigenvalue weighted by Gasteiger charge is 2.21. The monoisotopic (exact) mass is 296 g/mol. The van der Waals surface area contributed by atoms with Crippen molar-refractivity contribution >= 4 is 11.9 Å². The molecule has 0 spiro atoms. The number of benzene rings is 1. The minimum Gasteiger partial charge on any atom is -0.348 e. The van der Waals surface area contributed by atoms with Gasteiger partial charge >= 0.3 is 0 Å². The number of aryl methyl sites for hydroxylation is 1. The van der Waals surface area contributed by atoms with E-state index in [1.54, 1.807) is 6.20 Å². The Kier molecular flexibility index (Phi) is 4.04. The van der Waals surface area contributed by atoms with Crippen molar-refractivity contribution in [1.82, 2.24) is 15.3 Å². The largest absolute Gasteiger partial charge is 0.348 e. The lowest BCUT2D eigenvalue weighted by Crippen LogP contribution is -2.15. The molecule has 1 unspecified atom stereocenters. The normalized spacial score (nSPS) is 14.4. The van der Waals surface area contributed by atoms with Gasteiger partial charge < -0.3 is 10.6 Å². The molecule has 0 aliphatic carbocycles. The highest BCUT2D eigenvalue weighted by molar-refractivity contribution is 5.96. The molecule has 0 fully saturated rings. The smallest absolute Gasteiger partial charge is 0.270 e. The van der Waals surface area contributed by atoms with Gasteiger partial charge in [-0.2, -0.15) is 0 Å². The van der Waals surface area contributed by atoms with E-state index in [1.165, 1.54) is 11.1 Å². The summed E-state index contributed by atoms with van der Waals surface area (Å²) in [6.45, 7) is 4.76. The number of aromatic nitrogens is 2. The molecular formula is C17H20N4O. The number of nitrogens with zero attached hydrogens (tertiary/aromatic N) is 2. The molecule has 1 aliphatic heterocycles. The molecule has 5 nitrogen and oxygen atoms in total. The minimum absolute atomic E-state index is 0.0817. The summed E-state index contributed by atoms with van der Waals surface area (Å²) in [4.78, 5) is 20.2. The van der Waals surface area contributed by atoms with E-state index in [0.29, 0.717) is 18.2 Å². The first-order valence-corrected chi connectivity index (χ1v) is 7.67. The van der Waals surface area contributed by atoms with Crippen LogP contribution in [0.25, 0.3) is 0 Å². The second-order valence-electron chi connectivity index (χ2n) is 5.61. The fraction of sp³-hybridized carbons (Fsp3) is 0.353. The Bertz CT molecular complexity index is 682. The SMILES string of the molecule is CCCc1ccc(C(C)Nc2ncc3c(n2)C(=O)NC3)cc1. The molecule has 22 heavy (non-hydrogen) atoms. The Hall–Kier alpha value is -2.43. The number of amides is 1. The second-order valence-corrected chi connectivity index (χ2v) is 5.61. The van der Waals surface area contributed by atoms with Crippen LogP contribution < -0.4 is 10.6 Å².